The van der Waals surface area contributed by atoms with Gasteiger partial charge in [0.15, 0.2) is 6.29 Å². The van der Waals surface area contributed by atoms with Crippen molar-refractivity contribution in [3.63, 3.8) is 0 Å². The van der Waals surface area contributed by atoms with E-state index in [0.29, 0.717) is 0 Å². The highest BCUT2D eigenvalue weighted by Crippen LogP contribution is 2.36. The molecule has 2 fully saturated rings. The SMILES string of the molecule is C/C=C\[C@H]1CCC[C@@H]1CC1OCCO1. The Bertz CT molecular complexity index is 194. The molecule has 80 valence electrons. The lowest BCUT2D eigenvalue weighted by Crippen LogP contribution is -2.16. The molecule has 1 saturated heterocycles. The summed E-state index contributed by atoms with van der Waals surface area (Å²) in [5, 5.41) is 0. The fraction of sp³-hybridized carbons (Fsp3) is 0.833. The normalized spacial score (nSPS) is 34.6. The molecule has 2 heteroatoms. The monoisotopic (exact) mass is 196 g/mol. The molecule has 2 atom stereocenters. The van der Waals surface area contributed by atoms with Crippen molar-refractivity contribution < 1.29 is 9.47 Å². The lowest BCUT2D eigenvalue weighted by atomic mass is 9.92. The minimum atomic E-state index is 0.0888. The van der Waals surface area contributed by atoms with Crippen LogP contribution in [0.3, 0.4) is 0 Å². The Morgan fingerprint density at radius 3 is 2.71 bits per heavy atom. The summed E-state index contributed by atoms with van der Waals surface area (Å²) in [5.74, 6) is 1.56. The van der Waals surface area contributed by atoms with E-state index >= 15 is 0 Å². The second-order valence-electron chi connectivity index (χ2n) is 4.29. The van der Waals surface area contributed by atoms with Gasteiger partial charge in [0.2, 0.25) is 0 Å². The van der Waals surface area contributed by atoms with E-state index in [1.165, 1.54) is 19.3 Å². The molecule has 0 aromatic rings. The minimum absolute atomic E-state index is 0.0888. The van der Waals surface area contributed by atoms with Crippen molar-refractivity contribution in [2.24, 2.45) is 11.8 Å². The number of allylic oxidation sites excluding steroid dienone is 2. The third-order valence-corrected chi connectivity index (χ3v) is 3.34. The second-order valence-corrected chi connectivity index (χ2v) is 4.29. The average Bonchev–Trinajstić information content (AvgIpc) is 2.80. The van der Waals surface area contributed by atoms with Crippen molar-refractivity contribution >= 4 is 0 Å². The topological polar surface area (TPSA) is 18.5 Å². The molecule has 0 spiro atoms. The van der Waals surface area contributed by atoms with Crippen molar-refractivity contribution in [3.8, 4) is 0 Å². The number of ether oxygens (including phenoxy) is 2. The Balaban J connectivity index is 1.83. The van der Waals surface area contributed by atoms with E-state index in [2.05, 4.69) is 19.1 Å². The van der Waals surface area contributed by atoms with Crippen LogP contribution in [-0.4, -0.2) is 19.5 Å². The Labute approximate surface area is 86.3 Å². The number of rotatable bonds is 3. The molecule has 0 unspecified atom stereocenters. The molecule has 1 aliphatic carbocycles. The van der Waals surface area contributed by atoms with E-state index in [1.54, 1.807) is 0 Å². The molecule has 0 radical (unpaired) electrons. The van der Waals surface area contributed by atoms with E-state index in [-0.39, 0.29) is 6.29 Å². The van der Waals surface area contributed by atoms with Crippen LogP contribution in [0.15, 0.2) is 12.2 Å². The summed E-state index contributed by atoms with van der Waals surface area (Å²) in [4.78, 5) is 0. The molecule has 0 aromatic carbocycles. The predicted octanol–water partition coefficient (Wildman–Crippen LogP) is 2.74. The third kappa shape index (κ3) is 2.37. The Morgan fingerprint density at radius 1 is 1.21 bits per heavy atom. The summed E-state index contributed by atoms with van der Waals surface area (Å²) < 4.78 is 11.0. The van der Waals surface area contributed by atoms with Crippen LogP contribution in [0.1, 0.15) is 32.6 Å². The number of hydrogen-bond acceptors (Lipinski definition) is 2. The average molecular weight is 196 g/mol. The lowest BCUT2D eigenvalue weighted by molar-refractivity contribution is -0.0585. The molecule has 1 heterocycles. The fourth-order valence-electron chi connectivity index (χ4n) is 2.65. The van der Waals surface area contributed by atoms with Gasteiger partial charge in [-0.15, -0.1) is 0 Å². The molecule has 0 bridgehead atoms. The van der Waals surface area contributed by atoms with Crippen LogP contribution in [0.25, 0.3) is 0 Å². The van der Waals surface area contributed by atoms with Gasteiger partial charge in [0, 0.05) is 6.42 Å². The van der Waals surface area contributed by atoms with Crippen LogP contribution >= 0.6 is 0 Å². The maximum Gasteiger partial charge on any atom is 0.158 e. The van der Waals surface area contributed by atoms with Crippen LogP contribution in [0.5, 0.6) is 0 Å². The van der Waals surface area contributed by atoms with Crippen LogP contribution in [-0.2, 0) is 9.47 Å². The largest absolute Gasteiger partial charge is 0.350 e. The number of hydrogen-bond donors (Lipinski definition) is 0. The second kappa shape index (κ2) is 4.94. The summed E-state index contributed by atoms with van der Waals surface area (Å²) in [6, 6.07) is 0. The van der Waals surface area contributed by atoms with Crippen molar-refractivity contribution in [2.75, 3.05) is 13.2 Å². The summed E-state index contributed by atoms with van der Waals surface area (Å²) >= 11 is 0. The van der Waals surface area contributed by atoms with Gasteiger partial charge in [-0.1, -0.05) is 18.6 Å². The van der Waals surface area contributed by atoms with Crippen molar-refractivity contribution in [2.45, 2.75) is 38.9 Å². The van der Waals surface area contributed by atoms with E-state index in [9.17, 15) is 0 Å². The van der Waals surface area contributed by atoms with Crippen LogP contribution < -0.4 is 0 Å². The first-order valence-corrected chi connectivity index (χ1v) is 5.76. The molecular formula is C12H20O2. The van der Waals surface area contributed by atoms with Gasteiger partial charge in [-0.25, -0.2) is 0 Å². The van der Waals surface area contributed by atoms with Gasteiger partial charge in [-0.3, -0.25) is 0 Å². The molecule has 2 nitrogen and oxygen atoms in total. The molecule has 0 N–H and O–H groups in total. The van der Waals surface area contributed by atoms with Gasteiger partial charge in [0.25, 0.3) is 0 Å². The third-order valence-electron chi connectivity index (χ3n) is 3.34. The standard InChI is InChI=1S/C12H20O2/c1-2-4-10-5-3-6-11(10)9-12-13-7-8-14-12/h2,4,10-12H,3,5-9H2,1H3/b4-2-/t10-,11+/m0/s1. The van der Waals surface area contributed by atoms with E-state index in [4.69, 9.17) is 9.47 Å². The molecular weight excluding hydrogens is 176 g/mol. The van der Waals surface area contributed by atoms with Gasteiger partial charge >= 0.3 is 0 Å². The fourth-order valence-corrected chi connectivity index (χ4v) is 2.65. The highest BCUT2D eigenvalue weighted by molar-refractivity contribution is 4.93. The zero-order valence-electron chi connectivity index (χ0n) is 8.95. The molecule has 0 aromatic heterocycles. The maximum absolute atomic E-state index is 5.50. The van der Waals surface area contributed by atoms with E-state index < -0.39 is 0 Å². The van der Waals surface area contributed by atoms with Crippen molar-refractivity contribution in [3.05, 3.63) is 12.2 Å². The highest BCUT2D eigenvalue weighted by atomic mass is 16.7. The molecule has 14 heavy (non-hydrogen) atoms. The lowest BCUT2D eigenvalue weighted by Gasteiger charge is -2.19. The summed E-state index contributed by atoms with van der Waals surface area (Å²) in [7, 11) is 0. The van der Waals surface area contributed by atoms with Gasteiger partial charge in [0.05, 0.1) is 13.2 Å². The summed E-state index contributed by atoms with van der Waals surface area (Å²) in [6.07, 6.45) is 9.78. The van der Waals surface area contributed by atoms with Crippen LogP contribution in [0.4, 0.5) is 0 Å². The smallest absolute Gasteiger partial charge is 0.158 e. The Hall–Kier alpha value is -0.340. The first-order valence-electron chi connectivity index (χ1n) is 5.76. The van der Waals surface area contributed by atoms with Crippen molar-refractivity contribution in [1.29, 1.82) is 0 Å². The molecule has 0 amide bonds. The minimum Gasteiger partial charge on any atom is -0.350 e. The zero-order chi connectivity index (χ0) is 9.80. The molecule has 1 saturated carbocycles. The summed E-state index contributed by atoms with van der Waals surface area (Å²) in [6.45, 7) is 3.68. The predicted molar refractivity (Wildman–Crippen MR) is 56.0 cm³/mol. The molecule has 2 aliphatic rings. The first-order chi connectivity index (χ1) is 6.90. The van der Waals surface area contributed by atoms with Gasteiger partial charge < -0.3 is 9.47 Å². The van der Waals surface area contributed by atoms with Crippen LogP contribution in [0.2, 0.25) is 0 Å². The summed E-state index contributed by atoms with van der Waals surface area (Å²) in [5.41, 5.74) is 0. The Morgan fingerprint density at radius 2 is 2.00 bits per heavy atom. The first kappa shape index (κ1) is 10.2. The van der Waals surface area contributed by atoms with E-state index in [1.807, 2.05) is 0 Å². The maximum atomic E-state index is 5.50. The molecule has 2 rings (SSSR count). The highest BCUT2D eigenvalue weighted by Gasteiger charge is 2.29. The van der Waals surface area contributed by atoms with Gasteiger partial charge in [-0.05, 0) is 31.6 Å². The Kier molecular flexibility index (Phi) is 3.60. The molecule has 1 aliphatic heterocycles. The van der Waals surface area contributed by atoms with Crippen molar-refractivity contribution in [1.82, 2.24) is 0 Å². The zero-order valence-corrected chi connectivity index (χ0v) is 8.95. The van der Waals surface area contributed by atoms with Crippen LogP contribution in [0, 0.1) is 11.8 Å². The quantitative estimate of drug-likeness (QED) is 0.646. The van der Waals surface area contributed by atoms with Gasteiger partial charge in [-0.2, -0.15) is 0 Å². The van der Waals surface area contributed by atoms with Gasteiger partial charge in [0.1, 0.15) is 0 Å². The van der Waals surface area contributed by atoms with E-state index in [0.717, 1.165) is 31.5 Å².